The van der Waals surface area contributed by atoms with Gasteiger partial charge in [-0.1, -0.05) is 17.7 Å². The highest BCUT2D eigenvalue weighted by atomic mass is 35.5. The molecule has 17 heavy (non-hydrogen) atoms. The van der Waals surface area contributed by atoms with Crippen LogP contribution in [0.3, 0.4) is 0 Å². The molecule has 3 nitrogen and oxygen atoms in total. The van der Waals surface area contributed by atoms with Crippen molar-refractivity contribution in [2.75, 3.05) is 19.9 Å². The van der Waals surface area contributed by atoms with E-state index in [-0.39, 0.29) is 6.79 Å². The fraction of sp³-hybridized carbons (Fsp3) is 0.538. The fourth-order valence-corrected chi connectivity index (χ4v) is 1.93. The van der Waals surface area contributed by atoms with Gasteiger partial charge in [-0.05, 0) is 43.9 Å². The van der Waals surface area contributed by atoms with Crippen LogP contribution in [0.4, 0.5) is 0 Å². The Morgan fingerprint density at radius 1 is 1.35 bits per heavy atom. The SMILES string of the molecule is NCCc1c(Cl)cccc1OCOCC1CC1. The smallest absolute Gasteiger partial charge is 0.189 e. The van der Waals surface area contributed by atoms with Gasteiger partial charge in [0, 0.05) is 10.6 Å². The molecule has 2 rings (SSSR count). The summed E-state index contributed by atoms with van der Waals surface area (Å²) in [7, 11) is 0. The summed E-state index contributed by atoms with van der Waals surface area (Å²) in [6.45, 7) is 1.64. The second kappa shape index (κ2) is 6.24. The van der Waals surface area contributed by atoms with Gasteiger partial charge in [0.05, 0.1) is 6.61 Å². The minimum atomic E-state index is 0.286. The average Bonchev–Trinajstić information content (AvgIpc) is 3.12. The molecule has 94 valence electrons. The summed E-state index contributed by atoms with van der Waals surface area (Å²) < 4.78 is 11.0. The standard InChI is InChI=1S/C13H18ClNO2/c14-12-2-1-3-13(11(12)6-7-15)17-9-16-8-10-4-5-10/h1-3,10H,4-9,15H2. The van der Waals surface area contributed by atoms with Crippen LogP contribution in [-0.4, -0.2) is 19.9 Å². The van der Waals surface area contributed by atoms with Gasteiger partial charge in [-0.2, -0.15) is 0 Å². The van der Waals surface area contributed by atoms with E-state index >= 15 is 0 Å². The van der Waals surface area contributed by atoms with Crippen LogP contribution in [-0.2, 0) is 11.2 Å². The lowest BCUT2D eigenvalue weighted by Gasteiger charge is -2.12. The Kier molecular flexibility index (Phi) is 4.66. The number of rotatable bonds is 7. The Balaban J connectivity index is 1.86. The molecule has 1 saturated carbocycles. The highest BCUT2D eigenvalue weighted by Crippen LogP contribution is 2.29. The van der Waals surface area contributed by atoms with Crippen LogP contribution in [0.5, 0.6) is 5.75 Å². The zero-order chi connectivity index (χ0) is 12.1. The molecule has 2 N–H and O–H groups in total. The first-order chi connectivity index (χ1) is 8.31. The third-order valence-corrected chi connectivity index (χ3v) is 3.17. The van der Waals surface area contributed by atoms with E-state index < -0.39 is 0 Å². The van der Waals surface area contributed by atoms with Crippen LogP contribution in [0.2, 0.25) is 5.02 Å². The first kappa shape index (κ1) is 12.7. The van der Waals surface area contributed by atoms with Gasteiger partial charge in [0.1, 0.15) is 5.75 Å². The van der Waals surface area contributed by atoms with Gasteiger partial charge < -0.3 is 15.2 Å². The van der Waals surface area contributed by atoms with E-state index in [0.29, 0.717) is 11.6 Å². The third kappa shape index (κ3) is 3.87. The van der Waals surface area contributed by atoms with Crippen LogP contribution in [0.25, 0.3) is 0 Å². The lowest BCUT2D eigenvalue weighted by Crippen LogP contribution is -2.09. The fourth-order valence-electron chi connectivity index (χ4n) is 1.67. The number of benzene rings is 1. The van der Waals surface area contributed by atoms with Gasteiger partial charge in [-0.3, -0.25) is 0 Å². The summed E-state index contributed by atoms with van der Waals surface area (Å²) in [5, 5.41) is 0.704. The molecule has 0 bridgehead atoms. The molecule has 0 aromatic heterocycles. The van der Waals surface area contributed by atoms with E-state index in [4.69, 9.17) is 26.8 Å². The lowest BCUT2D eigenvalue weighted by atomic mass is 10.1. The molecule has 0 amide bonds. The van der Waals surface area contributed by atoms with Crippen molar-refractivity contribution >= 4 is 11.6 Å². The molecule has 0 spiro atoms. The second-order valence-corrected chi connectivity index (χ2v) is 4.74. The maximum absolute atomic E-state index is 6.11. The minimum Gasteiger partial charge on any atom is -0.467 e. The molecular formula is C13H18ClNO2. The summed E-state index contributed by atoms with van der Waals surface area (Å²) in [6, 6.07) is 5.63. The quantitative estimate of drug-likeness (QED) is 0.602. The molecule has 1 aromatic carbocycles. The molecule has 0 unspecified atom stereocenters. The number of halogens is 1. The van der Waals surface area contributed by atoms with Gasteiger partial charge in [0.2, 0.25) is 0 Å². The highest BCUT2D eigenvalue weighted by Gasteiger charge is 2.21. The van der Waals surface area contributed by atoms with Crippen LogP contribution < -0.4 is 10.5 Å². The van der Waals surface area contributed by atoms with Gasteiger partial charge in [0.15, 0.2) is 6.79 Å². The maximum atomic E-state index is 6.11. The molecule has 1 aromatic rings. The van der Waals surface area contributed by atoms with E-state index in [1.807, 2.05) is 18.2 Å². The summed E-state index contributed by atoms with van der Waals surface area (Å²) in [5.74, 6) is 1.53. The van der Waals surface area contributed by atoms with Gasteiger partial charge in [-0.25, -0.2) is 0 Å². The van der Waals surface area contributed by atoms with Crippen molar-refractivity contribution in [3.63, 3.8) is 0 Å². The summed E-state index contributed by atoms with van der Waals surface area (Å²) in [5.41, 5.74) is 6.52. The number of hydrogen-bond donors (Lipinski definition) is 1. The Hall–Kier alpha value is -0.770. The minimum absolute atomic E-state index is 0.286. The summed E-state index contributed by atoms with van der Waals surface area (Å²) in [4.78, 5) is 0. The zero-order valence-corrected chi connectivity index (χ0v) is 10.6. The number of ether oxygens (including phenoxy) is 2. The lowest BCUT2D eigenvalue weighted by molar-refractivity contribution is 0.00949. The van der Waals surface area contributed by atoms with Crippen molar-refractivity contribution < 1.29 is 9.47 Å². The average molecular weight is 256 g/mol. The number of hydrogen-bond acceptors (Lipinski definition) is 3. The first-order valence-corrected chi connectivity index (χ1v) is 6.37. The van der Waals surface area contributed by atoms with E-state index in [1.165, 1.54) is 12.8 Å². The van der Waals surface area contributed by atoms with E-state index in [0.717, 1.165) is 30.3 Å². The van der Waals surface area contributed by atoms with Crippen LogP contribution in [0.1, 0.15) is 18.4 Å². The first-order valence-electron chi connectivity index (χ1n) is 5.99. The molecule has 0 atom stereocenters. The molecule has 0 radical (unpaired) electrons. The molecule has 4 heteroatoms. The van der Waals surface area contributed by atoms with Crippen LogP contribution in [0.15, 0.2) is 18.2 Å². The van der Waals surface area contributed by atoms with Crippen molar-refractivity contribution in [2.24, 2.45) is 11.7 Å². The van der Waals surface area contributed by atoms with E-state index in [1.54, 1.807) is 0 Å². The predicted molar refractivity (Wildman–Crippen MR) is 68.4 cm³/mol. The summed E-state index contributed by atoms with van der Waals surface area (Å²) >= 11 is 6.11. The van der Waals surface area contributed by atoms with Crippen molar-refractivity contribution in [2.45, 2.75) is 19.3 Å². The Morgan fingerprint density at radius 3 is 2.88 bits per heavy atom. The molecule has 1 fully saturated rings. The van der Waals surface area contributed by atoms with E-state index in [9.17, 15) is 0 Å². The second-order valence-electron chi connectivity index (χ2n) is 4.33. The third-order valence-electron chi connectivity index (χ3n) is 2.82. The predicted octanol–water partition coefficient (Wildman–Crippen LogP) is 2.60. The molecule has 0 saturated heterocycles. The monoisotopic (exact) mass is 255 g/mol. The maximum Gasteiger partial charge on any atom is 0.189 e. The van der Waals surface area contributed by atoms with Crippen molar-refractivity contribution in [1.29, 1.82) is 0 Å². The van der Waals surface area contributed by atoms with Crippen molar-refractivity contribution in [3.05, 3.63) is 28.8 Å². The van der Waals surface area contributed by atoms with Crippen LogP contribution >= 0.6 is 11.6 Å². The number of nitrogens with two attached hydrogens (primary N) is 1. The zero-order valence-electron chi connectivity index (χ0n) is 9.82. The van der Waals surface area contributed by atoms with E-state index in [2.05, 4.69) is 0 Å². The van der Waals surface area contributed by atoms with Gasteiger partial charge in [-0.15, -0.1) is 0 Å². The Bertz CT molecular complexity index is 366. The molecule has 1 aliphatic carbocycles. The largest absolute Gasteiger partial charge is 0.467 e. The Morgan fingerprint density at radius 2 is 2.18 bits per heavy atom. The summed E-state index contributed by atoms with van der Waals surface area (Å²) in [6.07, 6.45) is 3.29. The van der Waals surface area contributed by atoms with Crippen LogP contribution in [0, 0.1) is 5.92 Å². The van der Waals surface area contributed by atoms with Crippen molar-refractivity contribution in [1.82, 2.24) is 0 Å². The van der Waals surface area contributed by atoms with Gasteiger partial charge >= 0.3 is 0 Å². The molecule has 1 aliphatic rings. The van der Waals surface area contributed by atoms with Crippen molar-refractivity contribution in [3.8, 4) is 5.75 Å². The van der Waals surface area contributed by atoms with Gasteiger partial charge in [0.25, 0.3) is 0 Å². The molecular weight excluding hydrogens is 238 g/mol. The normalized spacial score (nSPS) is 14.9. The highest BCUT2D eigenvalue weighted by molar-refractivity contribution is 6.31. The topological polar surface area (TPSA) is 44.5 Å². The Labute approximate surface area is 107 Å². The molecule has 0 aliphatic heterocycles. The molecule has 0 heterocycles.